The van der Waals surface area contributed by atoms with Gasteiger partial charge in [0.15, 0.2) is 5.60 Å². The van der Waals surface area contributed by atoms with Crippen molar-refractivity contribution in [2.45, 2.75) is 23.7 Å². The molecule has 0 amide bonds. The summed E-state index contributed by atoms with van der Waals surface area (Å²) in [4.78, 5) is 17.1. The van der Waals surface area contributed by atoms with Crippen LogP contribution in [-0.4, -0.2) is 25.1 Å². The summed E-state index contributed by atoms with van der Waals surface area (Å²) in [6, 6.07) is 2.72. The molecule has 0 aliphatic carbocycles. The Balaban J connectivity index is 2.79. The number of carbonyl (C=O) groups is 1. The molecule has 0 radical (unpaired) electrons. The van der Waals surface area contributed by atoms with Crippen LogP contribution in [0.25, 0.3) is 0 Å². The minimum Gasteiger partial charge on any atom is -0.479 e. The standard InChI is InChI=1S/C8H10ClNO5S2/c1-8(2,7(11)12)15-10-17(13,14)6-4-3-5(9)16-6/h3-4,10H,1-2H3,(H,11,12). The summed E-state index contributed by atoms with van der Waals surface area (Å²) in [6.45, 7) is 2.44. The second-order valence-electron chi connectivity index (χ2n) is 3.56. The number of hydrogen-bond donors (Lipinski definition) is 2. The molecular formula is C8H10ClNO5S2. The molecule has 0 saturated carbocycles. The van der Waals surface area contributed by atoms with Crippen LogP contribution in [0.4, 0.5) is 0 Å². The quantitative estimate of drug-likeness (QED) is 0.803. The molecule has 2 N–H and O–H groups in total. The van der Waals surface area contributed by atoms with E-state index in [2.05, 4.69) is 4.84 Å². The van der Waals surface area contributed by atoms with Gasteiger partial charge in [0.25, 0.3) is 10.0 Å². The zero-order valence-corrected chi connectivity index (χ0v) is 11.3. The fourth-order valence-electron chi connectivity index (χ4n) is 0.686. The molecule has 1 aromatic heterocycles. The lowest BCUT2D eigenvalue weighted by atomic mass is 10.1. The molecule has 0 bridgehead atoms. The number of rotatable bonds is 5. The number of aliphatic carboxylic acids is 1. The minimum atomic E-state index is -3.91. The highest BCUT2D eigenvalue weighted by molar-refractivity contribution is 7.91. The smallest absolute Gasteiger partial charge is 0.337 e. The van der Waals surface area contributed by atoms with E-state index in [4.69, 9.17) is 16.7 Å². The van der Waals surface area contributed by atoms with E-state index in [0.29, 0.717) is 4.34 Å². The Bertz CT molecular complexity index is 522. The van der Waals surface area contributed by atoms with Crippen LogP contribution in [0.15, 0.2) is 16.3 Å². The van der Waals surface area contributed by atoms with Crippen molar-refractivity contribution in [1.82, 2.24) is 4.89 Å². The van der Waals surface area contributed by atoms with Gasteiger partial charge in [-0.05, 0) is 26.0 Å². The Morgan fingerprint density at radius 3 is 2.53 bits per heavy atom. The molecule has 0 atom stereocenters. The average Bonchev–Trinajstić information content (AvgIpc) is 2.63. The molecule has 17 heavy (non-hydrogen) atoms. The van der Waals surface area contributed by atoms with Gasteiger partial charge in [0.05, 0.1) is 4.34 Å². The van der Waals surface area contributed by atoms with Gasteiger partial charge in [-0.3, -0.25) is 4.84 Å². The maximum absolute atomic E-state index is 11.6. The van der Waals surface area contributed by atoms with Crippen LogP contribution in [0.1, 0.15) is 13.8 Å². The van der Waals surface area contributed by atoms with Gasteiger partial charge in [-0.25, -0.2) is 13.2 Å². The first-order valence-corrected chi connectivity index (χ1v) is 7.01. The van der Waals surface area contributed by atoms with Gasteiger partial charge in [-0.1, -0.05) is 16.5 Å². The Hall–Kier alpha value is -0.670. The maximum Gasteiger partial charge on any atom is 0.337 e. The lowest BCUT2D eigenvalue weighted by Crippen LogP contribution is -2.41. The number of carboxylic acids is 1. The summed E-state index contributed by atoms with van der Waals surface area (Å²) in [7, 11) is -3.91. The second-order valence-corrected chi connectivity index (χ2v) is 7.15. The Kier molecular flexibility index (Phi) is 4.15. The molecular weight excluding hydrogens is 290 g/mol. The highest BCUT2D eigenvalue weighted by atomic mass is 35.5. The molecule has 96 valence electrons. The van der Waals surface area contributed by atoms with Crippen LogP contribution >= 0.6 is 22.9 Å². The van der Waals surface area contributed by atoms with E-state index in [1.165, 1.54) is 26.0 Å². The summed E-state index contributed by atoms with van der Waals surface area (Å²) in [5, 5.41) is 8.73. The number of nitrogens with one attached hydrogen (secondary N) is 1. The first kappa shape index (κ1) is 14.4. The summed E-state index contributed by atoms with van der Waals surface area (Å²) in [5.74, 6) is -1.29. The van der Waals surface area contributed by atoms with Crippen molar-refractivity contribution in [3.8, 4) is 0 Å². The average molecular weight is 300 g/mol. The summed E-state index contributed by atoms with van der Waals surface area (Å²) >= 11 is 6.44. The van der Waals surface area contributed by atoms with Crippen molar-refractivity contribution in [1.29, 1.82) is 0 Å². The van der Waals surface area contributed by atoms with Crippen LogP contribution in [0.2, 0.25) is 4.34 Å². The van der Waals surface area contributed by atoms with Crippen LogP contribution in [0.5, 0.6) is 0 Å². The minimum absolute atomic E-state index is 0.0521. The first-order valence-electron chi connectivity index (χ1n) is 4.34. The van der Waals surface area contributed by atoms with Crippen molar-refractivity contribution in [3.05, 3.63) is 16.5 Å². The number of hydrogen-bond acceptors (Lipinski definition) is 5. The monoisotopic (exact) mass is 299 g/mol. The molecule has 0 aromatic carbocycles. The van der Waals surface area contributed by atoms with E-state index in [9.17, 15) is 13.2 Å². The maximum atomic E-state index is 11.6. The van der Waals surface area contributed by atoms with Crippen molar-refractivity contribution < 1.29 is 23.2 Å². The molecule has 1 rings (SSSR count). The van der Waals surface area contributed by atoms with Gasteiger partial charge >= 0.3 is 5.97 Å². The molecule has 0 saturated heterocycles. The largest absolute Gasteiger partial charge is 0.479 e. The number of sulfonamides is 1. The third kappa shape index (κ3) is 3.65. The highest BCUT2D eigenvalue weighted by Crippen LogP contribution is 2.25. The fraction of sp³-hybridized carbons (Fsp3) is 0.375. The summed E-state index contributed by atoms with van der Waals surface area (Å²) in [5.41, 5.74) is -1.66. The van der Waals surface area contributed by atoms with Gasteiger partial charge in [0.1, 0.15) is 4.21 Å². The number of thiophene rings is 1. The van der Waals surface area contributed by atoms with Gasteiger partial charge in [0.2, 0.25) is 0 Å². The van der Waals surface area contributed by atoms with Crippen molar-refractivity contribution in [3.63, 3.8) is 0 Å². The first-order chi connectivity index (χ1) is 7.65. The van der Waals surface area contributed by atoms with Gasteiger partial charge in [-0.2, -0.15) is 0 Å². The molecule has 0 spiro atoms. The third-order valence-electron chi connectivity index (χ3n) is 1.73. The predicted octanol–water partition coefficient (Wildman–Crippen LogP) is 1.47. The molecule has 0 aliphatic rings. The Morgan fingerprint density at radius 1 is 1.53 bits per heavy atom. The van der Waals surface area contributed by atoms with E-state index in [-0.39, 0.29) is 4.21 Å². The third-order valence-corrected chi connectivity index (χ3v) is 4.64. The molecule has 0 unspecified atom stereocenters. The lowest BCUT2D eigenvalue weighted by molar-refractivity contribution is -0.165. The van der Waals surface area contributed by atoms with E-state index in [1.807, 2.05) is 0 Å². The van der Waals surface area contributed by atoms with Gasteiger partial charge < -0.3 is 5.11 Å². The second kappa shape index (κ2) is 4.91. The van der Waals surface area contributed by atoms with E-state index in [1.54, 1.807) is 4.89 Å². The van der Waals surface area contributed by atoms with E-state index < -0.39 is 21.6 Å². The predicted molar refractivity (Wildman–Crippen MR) is 62.5 cm³/mol. The van der Waals surface area contributed by atoms with Gasteiger partial charge in [0, 0.05) is 0 Å². The zero-order chi connectivity index (χ0) is 13.3. The number of carboxylic acid groups (broad SMARTS) is 1. The van der Waals surface area contributed by atoms with Crippen LogP contribution < -0.4 is 4.89 Å². The summed E-state index contributed by atoms with van der Waals surface area (Å²) in [6.07, 6.45) is 0. The molecule has 6 nitrogen and oxygen atoms in total. The van der Waals surface area contributed by atoms with Crippen molar-refractivity contribution >= 4 is 38.9 Å². The molecule has 1 heterocycles. The number of halogens is 1. The molecule has 9 heteroatoms. The zero-order valence-electron chi connectivity index (χ0n) is 8.93. The van der Waals surface area contributed by atoms with Crippen LogP contribution in [0.3, 0.4) is 0 Å². The van der Waals surface area contributed by atoms with E-state index >= 15 is 0 Å². The van der Waals surface area contributed by atoms with Crippen molar-refractivity contribution in [2.24, 2.45) is 0 Å². The fourth-order valence-corrected chi connectivity index (χ4v) is 3.06. The SMILES string of the molecule is CC(C)(ONS(=O)(=O)c1ccc(Cl)s1)C(=O)O. The normalized spacial score (nSPS) is 12.6. The van der Waals surface area contributed by atoms with Gasteiger partial charge in [-0.15, -0.1) is 11.3 Å². The Morgan fingerprint density at radius 2 is 2.12 bits per heavy atom. The topological polar surface area (TPSA) is 92.7 Å². The van der Waals surface area contributed by atoms with Crippen LogP contribution in [-0.2, 0) is 19.7 Å². The molecule has 0 aliphatic heterocycles. The summed E-state index contributed by atoms with van der Waals surface area (Å²) < 4.78 is 23.5. The van der Waals surface area contributed by atoms with Crippen LogP contribution in [0, 0.1) is 0 Å². The Labute approximate surface area is 107 Å². The lowest BCUT2D eigenvalue weighted by Gasteiger charge is -2.19. The molecule has 0 fully saturated rings. The van der Waals surface area contributed by atoms with E-state index in [0.717, 1.165) is 11.3 Å². The van der Waals surface area contributed by atoms with Crippen molar-refractivity contribution in [2.75, 3.05) is 0 Å². The highest BCUT2D eigenvalue weighted by Gasteiger charge is 2.31. The molecule has 1 aromatic rings.